The lowest BCUT2D eigenvalue weighted by molar-refractivity contribution is 0.488. The third-order valence-corrected chi connectivity index (χ3v) is 4.86. The number of sulfonamides is 1. The van der Waals surface area contributed by atoms with Gasteiger partial charge in [0.25, 0.3) is 0 Å². The summed E-state index contributed by atoms with van der Waals surface area (Å²) in [6, 6.07) is 7.40. The van der Waals surface area contributed by atoms with E-state index in [-0.39, 0.29) is 11.8 Å². The van der Waals surface area contributed by atoms with Crippen LogP contribution in [0.25, 0.3) is 0 Å². The molecule has 0 aliphatic heterocycles. The van der Waals surface area contributed by atoms with Gasteiger partial charge in [-0.1, -0.05) is 51.0 Å². The summed E-state index contributed by atoms with van der Waals surface area (Å²) >= 11 is 0. The van der Waals surface area contributed by atoms with Gasteiger partial charge in [0.2, 0.25) is 10.0 Å². The van der Waals surface area contributed by atoms with Gasteiger partial charge in [0, 0.05) is 12.6 Å². The van der Waals surface area contributed by atoms with Crippen molar-refractivity contribution in [1.29, 1.82) is 0 Å². The Bertz CT molecular complexity index is 527. The maximum absolute atomic E-state index is 12.2. The highest BCUT2D eigenvalue weighted by Gasteiger charge is 2.15. The number of benzene rings is 1. The van der Waals surface area contributed by atoms with Crippen LogP contribution >= 0.6 is 0 Å². The zero-order valence-corrected chi connectivity index (χ0v) is 14.1. The molecule has 0 radical (unpaired) electrons. The van der Waals surface area contributed by atoms with Gasteiger partial charge >= 0.3 is 0 Å². The van der Waals surface area contributed by atoms with Crippen LogP contribution in [0.5, 0.6) is 0 Å². The Balaban J connectivity index is 2.52. The van der Waals surface area contributed by atoms with Crippen LogP contribution in [0.4, 0.5) is 0 Å². The lowest BCUT2D eigenvalue weighted by Gasteiger charge is -2.15. The van der Waals surface area contributed by atoms with Gasteiger partial charge in [-0.25, -0.2) is 13.1 Å². The van der Waals surface area contributed by atoms with Crippen LogP contribution in [-0.4, -0.2) is 14.5 Å². The van der Waals surface area contributed by atoms with E-state index in [2.05, 4.69) is 18.6 Å². The van der Waals surface area contributed by atoms with Crippen molar-refractivity contribution in [1.82, 2.24) is 4.72 Å². The molecule has 1 atom stereocenters. The number of hydrogen-bond donors (Lipinski definition) is 2. The van der Waals surface area contributed by atoms with Crippen molar-refractivity contribution in [2.24, 2.45) is 11.7 Å². The normalized spacial score (nSPS) is 13.6. The molecule has 3 N–H and O–H groups in total. The molecule has 0 amide bonds. The molecule has 0 bridgehead atoms. The Morgan fingerprint density at radius 1 is 1.14 bits per heavy atom. The molecule has 0 saturated heterocycles. The molecule has 0 heterocycles. The molecular formula is C16H28N2O2S. The quantitative estimate of drug-likeness (QED) is 0.736. The molecule has 1 aromatic rings. The molecule has 1 aromatic carbocycles. The zero-order chi connectivity index (χ0) is 15.9. The smallest absolute Gasteiger partial charge is 0.216 e. The van der Waals surface area contributed by atoms with Crippen LogP contribution in [0, 0.1) is 5.92 Å². The number of rotatable bonds is 9. The molecule has 1 unspecified atom stereocenters. The molecule has 1 rings (SSSR count). The van der Waals surface area contributed by atoms with E-state index in [4.69, 9.17) is 5.73 Å². The molecule has 0 saturated carbocycles. The highest BCUT2D eigenvalue weighted by molar-refractivity contribution is 7.88. The van der Waals surface area contributed by atoms with Crippen LogP contribution in [0.15, 0.2) is 24.3 Å². The molecule has 0 spiro atoms. The van der Waals surface area contributed by atoms with E-state index in [1.165, 1.54) is 0 Å². The van der Waals surface area contributed by atoms with E-state index in [0.717, 1.165) is 30.4 Å². The summed E-state index contributed by atoms with van der Waals surface area (Å²) in [5.41, 5.74) is 7.31. The van der Waals surface area contributed by atoms with Crippen molar-refractivity contribution >= 4 is 10.0 Å². The molecule has 5 heteroatoms. The second-order valence-electron chi connectivity index (χ2n) is 6.13. The highest BCUT2D eigenvalue weighted by Crippen LogP contribution is 2.11. The van der Waals surface area contributed by atoms with E-state index >= 15 is 0 Å². The molecule has 21 heavy (non-hydrogen) atoms. The third kappa shape index (κ3) is 7.60. The first-order valence-corrected chi connectivity index (χ1v) is 9.25. The fourth-order valence-corrected chi connectivity index (χ4v) is 3.74. The van der Waals surface area contributed by atoms with Crippen LogP contribution in [0.3, 0.4) is 0 Å². The topological polar surface area (TPSA) is 72.2 Å². The van der Waals surface area contributed by atoms with Crippen molar-refractivity contribution in [3.8, 4) is 0 Å². The van der Waals surface area contributed by atoms with Crippen molar-refractivity contribution in [2.45, 2.75) is 58.4 Å². The van der Waals surface area contributed by atoms with E-state index in [1.807, 2.05) is 31.2 Å². The first-order chi connectivity index (χ1) is 9.82. The molecular weight excluding hydrogens is 284 g/mol. The highest BCUT2D eigenvalue weighted by atomic mass is 32.2. The number of nitrogens with two attached hydrogens (primary N) is 1. The van der Waals surface area contributed by atoms with Crippen molar-refractivity contribution in [3.63, 3.8) is 0 Å². The predicted molar refractivity (Wildman–Crippen MR) is 88.2 cm³/mol. The van der Waals surface area contributed by atoms with Crippen LogP contribution in [-0.2, 0) is 22.3 Å². The van der Waals surface area contributed by atoms with Gasteiger partial charge in [-0.05, 0) is 30.4 Å². The molecule has 0 aliphatic carbocycles. The van der Waals surface area contributed by atoms with Crippen molar-refractivity contribution in [3.05, 3.63) is 35.4 Å². The van der Waals surface area contributed by atoms with E-state index < -0.39 is 10.0 Å². The van der Waals surface area contributed by atoms with Gasteiger partial charge in [0.1, 0.15) is 0 Å². The fourth-order valence-electron chi connectivity index (χ4n) is 2.31. The summed E-state index contributed by atoms with van der Waals surface area (Å²) < 4.78 is 27.1. The van der Waals surface area contributed by atoms with Gasteiger partial charge in [0.15, 0.2) is 0 Å². The van der Waals surface area contributed by atoms with Gasteiger partial charge in [0.05, 0.1) is 5.75 Å². The Morgan fingerprint density at radius 3 is 2.43 bits per heavy atom. The zero-order valence-electron chi connectivity index (χ0n) is 13.3. The minimum absolute atomic E-state index is 0.00929. The van der Waals surface area contributed by atoms with E-state index in [0.29, 0.717) is 12.5 Å². The summed E-state index contributed by atoms with van der Waals surface area (Å²) in [6.07, 6.45) is 3.05. The summed E-state index contributed by atoms with van der Waals surface area (Å²) in [4.78, 5) is 0. The monoisotopic (exact) mass is 312 g/mol. The van der Waals surface area contributed by atoms with Gasteiger partial charge in [-0.2, -0.15) is 0 Å². The molecule has 0 fully saturated rings. The molecule has 4 nitrogen and oxygen atoms in total. The van der Waals surface area contributed by atoms with Crippen LogP contribution < -0.4 is 10.5 Å². The van der Waals surface area contributed by atoms with Crippen molar-refractivity contribution < 1.29 is 8.42 Å². The first kappa shape index (κ1) is 18.1. The second-order valence-corrected chi connectivity index (χ2v) is 7.88. The maximum atomic E-state index is 12.2. The minimum atomic E-state index is -3.30. The van der Waals surface area contributed by atoms with Gasteiger partial charge in [-0.3, -0.25) is 0 Å². The molecule has 0 aliphatic rings. The Labute approximate surface area is 129 Å². The second kappa shape index (κ2) is 8.51. The Morgan fingerprint density at radius 2 is 1.81 bits per heavy atom. The predicted octanol–water partition coefficient (Wildman–Crippen LogP) is 2.78. The van der Waals surface area contributed by atoms with Crippen LogP contribution in [0.1, 0.15) is 51.2 Å². The van der Waals surface area contributed by atoms with Crippen LogP contribution in [0.2, 0.25) is 0 Å². The SMILES string of the molecule is CC(C)CCCC(C)NS(=O)(=O)Cc1cccc(CN)c1. The fraction of sp³-hybridized carbons (Fsp3) is 0.625. The Hall–Kier alpha value is -0.910. The summed E-state index contributed by atoms with van der Waals surface area (Å²) in [5.74, 6) is 0.669. The lowest BCUT2D eigenvalue weighted by atomic mass is 10.0. The summed E-state index contributed by atoms with van der Waals surface area (Å²) in [5, 5.41) is 0. The van der Waals surface area contributed by atoms with E-state index in [9.17, 15) is 8.42 Å². The number of hydrogen-bond acceptors (Lipinski definition) is 3. The average molecular weight is 312 g/mol. The molecule has 0 aromatic heterocycles. The lowest BCUT2D eigenvalue weighted by Crippen LogP contribution is -2.33. The molecule has 120 valence electrons. The average Bonchev–Trinajstić information content (AvgIpc) is 2.37. The minimum Gasteiger partial charge on any atom is -0.326 e. The third-order valence-electron chi connectivity index (χ3n) is 3.38. The largest absolute Gasteiger partial charge is 0.326 e. The van der Waals surface area contributed by atoms with Gasteiger partial charge < -0.3 is 5.73 Å². The van der Waals surface area contributed by atoms with E-state index in [1.54, 1.807) is 0 Å². The standard InChI is InChI=1S/C16H28N2O2S/c1-13(2)6-4-7-14(3)18-21(19,20)12-16-9-5-8-15(10-16)11-17/h5,8-10,13-14,18H,4,6-7,11-12,17H2,1-3H3. The Kier molecular flexibility index (Phi) is 7.35. The summed E-state index contributed by atoms with van der Waals surface area (Å²) in [7, 11) is -3.30. The summed E-state index contributed by atoms with van der Waals surface area (Å²) in [6.45, 7) is 6.71. The van der Waals surface area contributed by atoms with Gasteiger partial charge in [-0.15, -0.1) is 0 Å². The maximum Gasteiger partial charge on any atom is 0.216 e. The first-order valence-electron chi connectivity index (χ1n) is 7.60. The number of nitrogens with one attached hydrogen (secondary N) is 1. The van der Waals surface area contributed by atoms with Crippen molar-refractivity contribution in [2.75, 3.05) is 0 Å².